The van der Waals surface area contributed by atoms with Gasteiger partial charge in [-0.25, -0.2) is 24.3 Å². The second kappa shape index (κ2) is 9.89. The van der Waals surface area contributed by atoms with Crippen molar-refractivity contribution < 1.29 is 17.6 Å². The average Bonchev–Trinajstić information content (AvgIpc) is 2.84. The summed E-state index contributed by atoms with van der Waals surface area (Å²) in [6.45, 7) is 2.01. The van der Waals surface area contributed by atoms with E-state index in [4.69, 9.17) is 0 Å². The van der Waals surface area contributed by atoms with Crippen LogP contribution in [0.4, 0.5) is 34.9 Å². The zero-order valence-electron chi connectivity index (χ0n) is 18.1. The van der Waals surface area contributed by atoms with Crippen molar-refractivity contribution in [3.05, 3.63) is 54.0 Å². The molecule has 0 bridgehead atoms. The molecule has 0 atom stereocenters. The van der Waals surface area contributed by atoms with Crippen LogP contribution in [0, 0.1) is 0 Å². The van der Waals surface area contributed by atoms with Crippen LogP contribution in [0.3, 0.4) is 0 Å². The van der Waals surface area contributed by atoms with Crippen molar-refractivity contribution in [1.29, 1.82) is 0 Å². The topological polar surface area (TPSA) is 101 Å². The molecule has 4 aromatic heterocycles. The number of halogens is 4. The highest BCUT2D eigenvalue weighted by atomic mass is 19.4. The molecule has 0 aliphatic heterocycles. The number of nitrogens with zero attached hydrogens (tertiary/aromatic N) is 6. The first-order valence-corrected chi connectivity index (χ1v) is 10.5. The van der Waals surface area contributed by atoms with Crippen molar-refractivity contribution in [2.24, 2.45) is 0 Å². The standard InChI is InChI=1S/C22H20F4N8/c1-2-3-7-27-18-9-13(10-23)19(34-33-18)16-12-30-20-15(6-8-28-21(20)32-16)31-17-5-4-14(11-29-17)22(24,25)26/h4-6,8-9,11-12H,2-3,7,10H2,1H3,(H,27,33)(H,28,29,31,32). The molecule has 4 rings (SSSR count). The van der Waals surface area contributed by atoms with Crippen molar-refractivity contribution in [2.75, 3.05) is 17.2 Å². The van der Waals surface area contributed by atoms with Crippen LogP contribution in [0.2, 0.25) is 0 Å². The van der Waals surface area contributed by atoms with Crippen molar-refractivity contribution in [3.8, 4) is 11.4 Å². The van der Waals surface area contributed by atoms with Crippen LogP contribution >= 0.6 is 0 Å². The first-order chi connectivity index (χ1) is 16.4. The molecule has 0 aromatic carbocycles. The number of aromatic nitrogens is 6. The average molecular weight is 472 g/mol. The van der Waals surface area contributed by atoms with Crippen molar-refractivity contribution >= 4 is 28.5 Å². The molecule has 8 nitrogen and oxygen atoms in total. The lowest BCUT2D eigenvalue weighted by atomic mass is 10.1. The van der Waals surface area contributed by atoms with Gasteiger partial charge in [0, 0.05) is 24.5 Å². The van der Waals surface area contributed by atoms with Gasteiger partial charge in [0.1, 0.15) is 35.2 Å². The van der Waals surface area contributed by atoms with E-state index in [1.54, 1.807) is 12.1 Å². The molecule has 0 unspecified atom stereocenters. The Morgan fingerprint density at radius 3 is 2.53 bits per heavy atom. The van der Waals surface area contributed by atoms with Gasteiger partial charge in [-0.3, -0.25) is 0 Å². The minimum atomic E-state index is -4.47. The van der Waals surface area contributed by atoms with E-state index >= 15 is 0 Å². The Hall–Kier alpha value is -3.96. The summed E-state index contributed by atoms with van der Waals surface area (Å²) in [4.78, 5) is 16.8. The summed E-state index contributed by atoms with van der Waals surface area (Å²) in [7, 11) is 0. The van der Waals surface area contributed by atoms with Gasteiger partial charge in [-0.15, -0.1) is 10.2 Å². The molecule has 4 heterocycles. The summed E-state index contributed by atoms with van der Waals surface area (Å²) in [6, 6.07) is 5.34. The molecule has 12 heteroatoms. The molecule has 4 aromatic rings. The van der Waals surface area contributed by atoms with Crippen LogP contribution in [0.15, 0.2) is 42.9 Å². The normalized spacial score (nSPS) is 11.6. The molecular weight excluding hydrogens is 452 g/mol. The number of alkyl halides is 4. The minimum absolute atomic E-state index is 0.197. The summed E-state index contributed by atoms with van der Waals surface area (Å²) < 4.78 is 52.0. The van der Waals surface area contributed by atoms with Gasteiger partial charge < -0.3 is 10.6 Å². The molecule has 0 radical (unpaired) electrons. The minimum Gasteiger partial charge on any atom is -0.369 e. The largest absolute Gasteiger partial charge is 0.417 e. The third-order valence-electron chi connectivity index (χ3n) is 4.90. The maximum absolute atomic E-state index is 13.7. The van der Waals surface area contributed by atoms with Gasteiger partial charge in [0.25, 0.3) is 0 Å². The van der Waals surface area contributed by atoms with E-state index in [9.17, 15) is 17.6 Å². The number of hydrogen-bond donors (Lipinski definition) is 2. The van der Waals surface area contributed by atoms with Gasteiger partial charge in [0.15, 0.2) is 5.65 Å². The molecule has 0 spiro atoms. The molecule has 0 amide bonds. The zero-order chi connectivity index (χ0) is 24.1. The highest BCUT2D eigenvalue weighted by Gasteiger charge is 2.30. The van der Waals surface area contributed by atoms with Crippen molar-refractivity contribution in [2.45, 2.75) is 32.6 Å². The fraction of sp³-hybridized carbons (Fsp3) is 0.273. The molecule has 0 saturated carbocycles. The van der Waals surface area contributed by atoms with Gasteiger partial charge in [-0.2, -0.15) is 13.2 Å². The second-order valence-electron chi connectivity index (χ2n) is 7.36. The fourth-order valence-corrected chi connectivity index (χ4v) is 3.14. The van der Waals surface area contributed by atoms with Crippen LogP contribution < -0.4 is 10.6 Å². The summed E-state index contributed by atoms with van der Waals surface area (Å²) in [5.74, 6) is 0.676. The molecule has 0 saturated heterocycles. The Balaban J connectivity index is 1.61. The fourth-order valence-electron chi connectivity index (χ4n) is 3.14. The maximum atomic E-state index is 13.7. The van der Waals surface area contributed by atoms with Gasteiger partial charge in [0.05, 0.1) is 17.4 Å². The molecule has 0 aliphatic rings. The van der Waals surface area contributed by atoms with Crippen LogP contribution in [0.1, 0.15) is 30.9 Å². The van der Waals surface area contributed by atoms with E-state index in [2.05, 4.69) is 47.7 Å². The van der Waals surface area contributed by atoms with Crippen molar-refractivity contribution in [1.82, 2.24) is 30.1 Å². The van der Waals surface area contributed by atoms with E-state index in [1.807, 2.05) is 0 Å². The third kappa shape index (κ3) is 5.16. The number of pyridine rings is 2. The number of unbranched alkanes of at least 4 members (excludes halogenated alkanes) is 1. The quantitative estimate of drug-likeness (QED) is 0.262. The molecule has 176 valence electrons. The number of fused-ring (bicyclic) bond motifs is 1. The molecule has 34 heavy (non-hydrogen) atoms. The lowest BCUT2D eigenvalue weighted by Gasteiger charge is -2.11. The van der Waals surface area contributed by atoms with Gasteiger partial charge >= 0.3 is 6.18 Å². The number of anilines is 3. The van der Waals surface area contributed by atoms with E-state index < -0.39 is 18.4 Å². The summed E-state index contributed by atoms with van der Waals surface area (Å²) >= 11 is 0. The smallest absolute Gasteiger partial charge is 0.369 e. The predicted molar refractivity (Wildman–Crippen MR) is 119 cm³/mol. The van der Waals surface area contributed by atoms with Crippen LogP contribution in [-0.2, 0) is 12.9 Å². The van der Waals surface area contributed by atoms with Crippen LogP contribution in [-0.4, -0.2) is 36.7 Å². The zero-order valence-corrected chi connectivity index (χ0v) is 18.1. The van der Waals surface area contributed by atoms with E-state index in [-0.39, 0.29) is 17.2 Å². The van der Waals surface area contributed by atoms with E-state index in [0.717, 1.165) is 25.1 Å². The monoisotopic (exact) mass is 472 g/mol. The first-order valence-electron chi connectivity index (χ1n) is 10.5. The number of hydrogen-bond acceptors (Lipinski definition) is 8. The summed E-state index contributed by atoms with van der Waals surface area (Å²) in [5.41, 5.74) is 1.06. The highest BCUT2D eigenvalue weighted by molar-refractivity contribution is 5.87. The summed E-state index contributed by atoms with van der Waals surface area (Å²) in [6.07, 6.45) is 1.13. The Morgan fingerprint density at radius 2 is 1.82 bits per heavy atom. The lowest BCUT2D eigenvalue weighted by Crippen LogP contribution is -2.07. The third-order valence-corrected chi connectivity index (χ3v) is 4.90. The van der Waals surface area contributed by atoms with Crippen LogP contribution in [0.5, 0.6) is 0 Å². The highest BCUT2D eigenvalue weighted by Crippen LogP contribution is 2.30. The summed E-state index contributed by atoms with van der Waals surface area (Å²) in [5, 5.41) is 14.2. The Labute approximate surface area is 191 Å². The number of rotatable bonds is 8. The SMILES string of the molecule is CCCCNc1cc(CF)c(-c2cnc3c(Nc4ccc(C(F)(F)F)cn4)ccnc3n2)nn1. The first kappa shape index (κ1) is 23.2. The molecule has 0 aliphatic carbocycles. The Kier molecular flexibility index (Phi) is 6.75. The van der Waals surface area contributed by atoms with E-state index in [1.165, 1.54) is 18.5 Å². The molecule has 2 N–H and O–H groups in total. The lowest BCUT2D eigenvalue weighted by molar-refractivity contribution is -0.137. The molecule has 0 fully saturated rings. The van der Waals surface area contributed by atoms with Gasteiger partial charge in [-0.05, 0) is 30.7 Å². The van der Waals surface area contributed by atoms with Crippen LogP contribution in [0.25, 0.3) is 22.6 Å². The van der Waals surface area contributed by atoms with Crippen molar-refractivity contribution in [3.63, 3.8) is 0 Å². The Bertz CT molecular complexity index is 1280. The number of nitrogens with one attached hydrogen (secondary N) is 2. The second-order valence-corrected chi connectivity index (χ2v) is 7.36. The van der Waals surface area contributed by atoms with E-state index in [0.29, 0.717) is 34.8 Å². The molecular formula is C22H20F4N8. The van der Waals surface area contributed by atoms with Gasteiger partial charge in [-0.1, -0.05) is 13.3 Å². The predicted octanol–water partition coefficient (Wildman–Crippen LogP) is 5.32. The van der Waals surface area contributed by atoms with Gasteiger partial charge in [0.2, 0.25) is 0 Å². The Morgan fingerprint density at radius 1 is 0.971 bits per heavy atom. The maximum Gasteiger partial charge on any atom is 0.417 e.